The van der Waals surface area contributed by atoms with Gasteiger partial charge >= 0.3 is 0 Å². The summed E-state index contributed by atoms with van der Waals surface area (Å²) >= 11 is 0. The molecule has 0 bridgehead atoms. The average Bonchev–Trinajstić information content (AvgIpc) is 2.98. The van der Waals surface area contributed by atoms with Gasteiger partial charge in [-0.1, -0.05) is 19.8 Å². The van der Waals surface area contributed by atoms with E-state index in [4.69, 9.17) is 0 Å². The number of hydrogen-bond donors (Lipinski definition) is 1. The lowest BCUT2D eigenvalue weighted by atomic mass is 10.1. The standard InChI is InChI=1S/C16H24N2O/c1-3-12-17-14-10-8-13(9-11-14)16(19)18(2)15-6-4-5-7-15/h8-11,15,17H,3-7,12H2,1-2H3. The number of nitrogens with one attached hydrogen (secondary N) is 1. The van der Waals surface area contributed by atoms with Crippen molar-refractivity contribution in [3.05, 3.63) is 29.8 Å². The number of carbonyl (C=O) groups is 1. The van der Waals surface area contributed by atoms with E-state index >= 15 is 0 Å². The Kier molecular flexibility index (Phi) is 4.83. The largest absolute Gasteiger partial charge is 0.385 e. The maximum atomic E-state index is 12.4. The highest BCUT2D eigenvalue weighted by Gasteiger charge is 2.23. The number of hydrogen-bond acceptors (Lipinski definition) is 2. The van der Waals surface area contributed by atoms with Crippen LogP contribution in [0.3, 0.4) is 0 Å². The van der Waals surface area contributed by atoms with Crippen LogP contribution < -0.4 is 5.32 Å². The molecule has 0 atom stereocenters. The van der Waals surface area contributed by atoms with Crippen LogP contribution in [0.15, 0.2) is 24.3 Å². The molecule has 0 unspecified atom stereocenters. The fourth-order valence-corrected chi connectivity index (χ4v) is 2.66. The van der Waals surface area contributed by atoms with E-state index in [9.17, 15) is 4.79 Å². The molecule has 1 aromatic rings. The SMILES string of the molecule is CCCNc1ccc(C(=O)N(C)C2CCCC2)cc1. The molecule has 0 radical (unpaired) electrons. The van der Waals surface area contributed by atoms with Gasteiger partial charge in [-0.25, -0.2) is 0 Å². The van der Waals surface area contributed by atoms with Crippen molar-refractivity contribution in [1.82, 2.24) is 4.90 Å². The summed E-state index contributed by atoms with van der Waals surface area (Å²) in [4.78, 5) is 14.3. The van der Waals surface area contributed by atoms with Gasteiger partial charge in [0.15, 0.2) is 0 Å². The predicted octanol–water partition coefficient (Wildman–Crippen LogP) is 3.52. The van der Waals surface area contributed by atoms with Crippen LogP contribution in [0.25, 0.3) is 0 Å². The molecule has 1 saturated carbocycles. The van der Waals surface area contributed by atoms with Gasteiger partial charge in [0.1, 0.15) is 0 Å². The number of rotatable bonds is 5. The first kappa shape index (κ1) is 13.9. The van der Waals surface area contributed by atoms with Crippen molar-refractivity contribution in [1.29, 1.82) is 0 Å². The van der Waals surface area contributed by atoms with E-state index in [1.165, 1.54) is 12.8 Å². The second-order valence-corrected chi connectivity index (χ2v) is 5.36. The summed E-state index contributed by atoms with van der Waals surface area (Å²) in [6.45, 7) is 3.11. The Morgan fingerprint density at radius 1 is 1.26 bits per heavy atom. The summed E-state index contributed by atoms with van der Waals surface area (Å²) < 4.78 is 0. The molecule has 3 heteroatoms. The van der Waals surface area contributed by atoms with Crippen molar-refractivity contribution in [2.24, 2.45) is 0 Å². The Bertz CT molecular complexity index is 407. The Morgan fingerprint density at radius 3 is 2.47 bits per heavy atom. The third kappa shape index (κ3) is 3.49. The molecule has 1 N–H and O–H groups in total. The van der Waals surface area contributed by atoms with Gasteiger partial charge in [0, 0.05) is 30.9 Å². The highest BCUT2D eigenvalue weighted by atomic mass is 16.2. The number of benzene rings is 1. The zero-order chi connectivity index (χ0) is 13.7. The van der Waals surface area contributed by atoms with E-state index in [2.05, 4.69) is 12.2 Å². The minimum absolute atomic E-state index is 0.147. The van der Waals surface area contributed by atoms with Crippen LogP contribution in [-0.2, 0) is 0 Å². The van der Waals surface area contributed by atoms with Gasteiger partial charge in [-0.2, -0.15) is 0 Å². The second kappa shape index (κ2) is 6.60. The molecular weight excluding hydrogens is 236 g/mol. The maximum absolute atomic E-state index is 12.4. The molecule has 0 saturated heterocycles. The Morgan fingerprint density at radius 2 is 1.89 bits per heavy atom. The van der Waals surface area contributed by atoms with Crippen LogP contribution in [0.4, 0.5) is 5.69 Å². The summed E-state index contributed by atoms with van der Waals surface area (Å²) in [5.41, 5.74) is 1.87. The van der Waals surface area contributed by atoms with Crippen LogP contribution in [0, 0.1) is 0 Å². The van der Waals surface area contributed by atoms with Gasteiger partial charge < -0.3 is 10.2 Å². The minimum atomic E-state index is 0.147. The molecule has 3 nitrogen and oxygen atoms in total. The first-order chi connectivity index (χ1) is 9.22. The molecule has 0 heterocycles. The van der Waals surface area contributed by atoms with Crippen LogP contribution in [0.2, 0.25) is 0 Å². The van der Waals surface area contributed by atoms with Gasteiger partial charge in [-0.05, 0) is 43.5 Å². The highest BCUT2D eigenvalue weighted by Crippen LogP contribution is 2.23. The molecule has 0 spiro atoms. The van der Waals surface area contributed by atoms with Crippen LogP contribution >= 0.6 is 0 Å². The summed E-state index contributed by atoms with van der Waals surface area (Å²) in [7, 11) is 1.93. The zero-order valence-corrected chi connectivity index (χ0v) is 12.0. The maximum Gasteiger partial charge on any atom is 0.253 e. The van der Waals surface area contributed by atoms with Gasteiger partial charge in [-0.15, -0.1) is 0 Å². The summed E-state index contributed by atoms with van der Waals surface area (Å²) in [6.07, 6.45) is 5.91. The van der Waals surface area contributed by atoms with E-state index < -0.39 is 0 Å². The Labute approximate surface area is 116 Å². The summed E-state index contributed by atoms with van der Waals surface area (Å²) in [5.74, 6) is 0.147. The Balaban J connectivity index is 1.98. The van der Waals surface area contributed by atoms with Crippen molar-refractivity contribution in [3.63, 3.8) is 0 Å². The topological polar surface area (TPSA) is 32.3 Å². The number of anilines is 1. The van der Waals surface area contributed by atoms with Gasteiger partial charge in [0.2, 0.25) is 0 Å². The van der Waals surface area contributed by atoms with Gasteiger partial charge in [-0.3, -0.25) is 4.79 Å². The van der Waals surface area contributed by atoms with Crippen molar-refractivity contribution >= 4 is 11.6 Å². The lowest BCUT2D eigenvalue weighted by Gasteiger charge is -2.24. The molecular formula is C16H24N2O. The fraction of sp³-hybridized carbons (Fsp3) is 0.562. The third-order valence-electron chi connectivity index (χ3n) is 3.90. The fourth-order valence-electron chi connectivity index (χ4n) is 2.66. The number of amides is 1. The quantitative estimate of drug-likeness (QED) is 0.878. The van der Waals surface area contributed by atoms with E-state index in [-0.39, 0.29) is 5.91 Å². The lowest BCUT2D eigenvalue weighted by Crippen LogP contribution is -2.35. The van der Waals surface area contributed by atoms with Crippen LogP contribution in [0.1, 0.15) is 49.4 Å². The number of carbonyl (C=O) groups excluding carboxylic acids is 1. The third-order valence-corrected chi connectivity index (χ3v) is 3.90. The molecule has 104 valence electrons. The predicted molar refractivity (Wildman–Crippen MR) is 79.6 cm³/mol. The van der Waals surface area contributed by atoms with E-state index in [0.717, 1.165) is 37.1 Å². The zero-order valence-electron chi connectivity index (χ0n) is 12.0. The van der Waals surface area contributed by atoms with Gasteiger partial charge in [0.25, 0.3) is 5.91 Å². The highest BCUT2D eigenvalue weighted by molar-refractivity contribution is 5.94. The van der Waals surface area contributed by atoms with Crippen molar-refractivity contribution in [2.75, 3.05) is 18.9 Å². The van der Waals surface area contributed by atoms with Gasteiger partial charge in [0.05, 0.1) is 0 Å². The molecule has 1 aromatic carbocycles. The molecule has 0 aromatic heterocycles. The molecule has 1 aliphatic carbocycles. The molecule has 19 heavy (non-hydrogen) atoms. The number of nitrogens with zero attached hydrogens (tertiary/aromatic N) is 1. The normalized spacial score (nSPS) is 15.5. The molecule has 0 aliphatic heterocycles. The van der Waals surface area contributed by atoms with Crippen LogP contribution in [0.5, 0.6) is 0 Å². The smallest absolute Gasteiger partial charge is 0.253 e. The average molecular weight is 260 g/mol. The molecule has 1 fully saturated rings. The molecule has 1 aliphatic rings. The van der Waals surface area contributed by atoms with E-state index in [1.54, 1.807) is 0 Å². The molecule has 1 amide bonds. The second-order valence-electron chi connectivity index (χ2n) is 5.36. The Hall–Kier alpha value is -1.51. The van der Waals surface area contributed by atoms with Crippen molar-refractivity contribution in [2.45, 2.75) is 45.1 Å². The van der Waals surface area contributed by atoms with E-state index in [1.807, 2.05) is 36.2 Å². The first-order valence-electron chi connectivity index (χ1n) is 7.33. The van der Waals surface area contributed by atoms with E-state index in [0.29, 0.717) is 6.04 Å². The van der Waals surface area contributed by atoms with Crippen molar-refractivity contribution < 1.29 is 4.79 Å². The summed E-state index contributed by atoms with van der Waals surface area (Å²) in [5, 5.41) is 3.32. The molecule has 2 rings (SSSR count). The van der Waals surface area contributed by atoms with Crippen molar-refractivity contribution in [3.8, 4) is 0 Å². The first-order valence-corrected chi connectivity index (χ1v) is 7.33. The minimum Gasteiger partial charge on any atom is -0.385 e. The van der Waals surface area contributed by atoms with Crippen LogP contribution in [-0.4, -0.2) is 30.4 Å². The summed E-state index contributed by atoms with van der Waals surface area (Å²) in [6, 6.07) is 8.26. The lowest BCUT2D eigenvalue weighted by molar-refractivity contribution is 0.0735. The monoisotopic (exact) mass is 260 g/mol.